The standard InChI is InChI=1S/C14H17NO2/c1-4-7-11(5-2)15-13-10(3)8-6-9-12(13)14(16)17/h2,6,8-9,11,15H,4,7H2,1,3H3,(H,16,17). The predicted molar refractivity (Wildman–Crippen MR) is 69.3 cm³/mol. The second kappa shape index (κ2) is 5.95. The number of nitrogens with one attached hydrogen (secondary N) is 1. The van der Waals surface area contributed by atoms with E-state index in [4.69, 9.17) is 11.5 Å². The number of aromatic carboxylic acids is 1. The van der Waals surface area contributed by atoms with Gasteiger partial charge >= 0.3 is 5.97 Å². The number of aryl methyl sites for hydroxylation is 1. The number of benzene rings is 1. The van der Waals surface area contributed by atoms with E-state index < -0.39 is 5.97 Å². The van der Waals surface area contributed by atoms with Crippen LogP contribution < -0.4 is 5.32 Å². The van der Waals surface area contributed by atoms with Gasteiger partial charge in [0.1, 0.15) is 0 Å². The van der Waals surface area contributed by atoms with Gasteiger partial charge < -0.3 is 10.4 Å². The first-order valence-electron chi connectivity index (χ1n) is 5.65. The zero-order chi connectivity index (χ0) is 12.8. The lowest BCUT2D eigenvalue weighted by Gasteiger charge is -2.17. The lowest BCUT2D eigenvalue weighted by molar-refractivity contribution is 0.0698. The maximum Gasteiger partial charge on any atom is 0.337 e. The molecular formula is C14H17NO2. The highest BCUT2D eigenvalue weighted by molar-refractivity contribution is 5.95. The van der Waals surface area contributed by atoms with Crippen LogP contribution in [0, 0.1) is 19.3 Å². The normalized spacial score (nSPS) is 11.6. The molecule has 0 aliphatic carbocycles. The SMILES string of the molecule is C#CC(CCC)Nc1c(C)cccc1C(=O)O. The molecule has 0 saturated carbocycles. The Morgan fingerprint density at radius 3 is 2.82 bits per heavy atom. The van der Waals surface area contributed by atoms with Gasteiger partial charge in [-0.1, -0.05) is 31.4 Å². The molecule has 90 valence electrons. The number of hydrogen-bond donors (Lipinski definition) is 2. The second-order valence-electron chi connectivity index (χ2n) is 3.95. The molecule has 3 heteroatoms. The van der Waals surface area contributed by atoms with Crippen LogP contribution in [0.1, 0.15) is 35.7 Å². The van der Waals surface area contributed by atoms with Crippen molar-refractivity contribution >= 4 is 11.7 Å². The van der Waals surface area contributed by atoms with E-state index in [1.165, 1.54) is 0 Å². The largest absolute Gasteiger partial charge is 0.478 e. The van der Waals surface area contributed by atoms with Crippen molar-refractivity contribution in [2.45, 2.75) is 32.7 Å². The fraction of sp³-hybridized carbons (Fsp3) is 0.357. The summed E-state index contributed by atoms with van der Waals surface area (Å²) in [5, 5.41) is 12.2. The highest BCUT2D eigenvalue weighted by Crippen LogP contribution is 2.22. The molecular weight excluding hydrogens is 214 g/mol. The van der Waals surface area contributed by atoms with E-state index >= 15 is 0 Å². The van der Waals surface area contributed by atoms with Gasteiger partial charge in [0.15, 0.2) is 0 Å². The fourth-order valence-electron chi connectivity index (χ4n) is 1.70. The summed E-state index contributed by atoms with van der Waals surface area (Å²) in [7, 11) is 0. The van der Waals surface area contributed by atoms with E-state index in [0.717, 1.165) is 18.4 Å². The number of hydrogen-bond acceptors (Lipinski definition) is 2. The van der Waals surface area contributed by atoms with Gasteiger partial charge in [0, 0.05) is 0 Å². The molecule has 17 heavy (non-hydrogen) atoms. The Morgan fingerprint density at radius 2 is 2.29 bits per heavy atom. The van der Waals surface area contributed by atoms with Crippen LogP contribution in [0.2, 0.25) is 0 Å². The van der Waals surface area contributed by atoms with Crippen LogP contribution in [-0.2, 0) is 0 Å². The third-order valence-electron chi connectivity index (χ3n) is 2.60. The summed E-state index contributed by atoms with van der Waals surface area (Å²) in [5.41, 5.74) is 1.78. The summed E-state index contributed by atoms with van der Waals surface area (Å²) < 4.78 is 0. The highest BCUT2D eigenvalue weighted by Gasteiger charge is 2.14. The van der Waals surface area contributed by atoms with Gasteiger partial charge in [-0.15, -0.1) is 6.42 Å². The Bertz CT molecular complexity index is 446. The van der Waals surface area contributed by atoms with Crippen LogP contribution in [0.25, 0.3) is 0 Å². The van der Waals surface area contributed by atoms with Crippen LogP contribution in [0.4, 0.5) is 5.69 Å². The molecule has 2 N–H and O–H groups in total. The molecule has 0 saturated heterocycles. The van der Waals surface area contributed by atoms with Crippen LogP contribution in [0.3, 0.4) is 0 Å². The molecule has 1 unspecified atom stereocenters. The van der Waals surface area contributed by atoms with Gasteiger partial charge in [0.2, 0.25) is 0 Å². The predicted octanol–water partition coefficient (Wildman–Crippen LogP) is 2.91. The van der Waals surface area contributed by atoms with E-state index in [0.29, 0.717) is 5.69 Å². The molecule has 0 aliphatic rings. The van der Waals surface area contributed by atoms with Crippen molar-refractivity contribution in [3.63, 3.8) is 0 Å². The maximum atomic E-state index is 11.1. The third kappa shape index (κ3) is 3.25. The molecule has 0 radical (unpaired) electrons. The number of carboxylic acids is 1. The number of para-hydroxylation sites is 1. The van der Waals surface area contributed by atoms with E-state index in [1.807, 2.05) is 19.9 Å². The quantitative estimate of drug-likeness (QED) is 0.766. The van der Waals surface area contributed by atoms with Gasteiger partial charge in [-0.05, 0) is 25.0 Å². The molecule has 0 amide bonds. The van der Waals surface area contributed by atoms with Crippen molar-refractivity contribution in [2.24, 2.45) is 0 Å². The Hall–Kier alpha value is -1.95. The summed E-state index contributed by atoms with van der Waals surface area (Å²) >= 11 is 0. The van der Waals surface area contributed by atoms with E-state index in [-0.39, 0.29) is 11.6 Å². The minimum atomic E-state index is -0.941. The van der Waals surface area contributed by atoms with Crippen LogP contribution in [0.15, 0.2) is 18.2 Å². The van der Waals surface area contributed by atoms with Crippen molar-refractivity contribution in [1.82, 2.24) is 0 Å². The molecule has 0 heterocycles. The Kier molecular flexibility index (Phi) is 4.59. The monoisotopic (exact) mass is 231 g/mol. The summed E-state index contributed by atoms with van der Waals surface area (Å²) in [6, 6.07) is 5.05. The minimum absolute atomic E-state index is 0.126. The highest BCUT2D eigenvalue weighted by atomic mass is 16.4. The van der Waals surface area contributed by atoms with E-state index in [1.54, 1.807) is 12.1 Å². The Labute approximate surface area is 102 Å². The average molecular weight is 231 g/mol. The van der Waals surface area contributed by atoms with Crippen LogP contribution >= 0.6 is 0 Å². The van der Waals surface area contributed by atoms with Crippen molar-refractivity contribution < 1.29 is 9.90 Å². The topological polar surface area (TPSA) is 49.3 Å². The summed E-state index contributed by atoms with van der Waals surface area (Å²) in [6.07, 6.45) is 7.20. The fourth-order valence-corrected chi connectivity index (χ4v) is 1.70. The Morgan fingerprint density at radius 1 is 1.59 bits per heavy atom. The first-order chi connectivity index (χ1) is 8.10. The number of carboxylic acid groups (broad SMARTS) is 1. The average Bonchev–Trinajstić information content (AvgIpc) is 2.30. The molecule has 1 aromatic carbocycles. The van der Waals surface area contributed by atoms with Gasteiger partial charge in [-0.25, -0.2) is 4.79 Å². The first-order valence-corrected chi connectivity index (χ1v) is 5.65. The van der Waals surface area contributed by atoms with E-state index in [2.05, 4.69) is 11.2 Å². The number of terminal acetylenes is 1. The van der Waals surface area contributed by atoms with Crippen molar-refractivity contribution in [2.75, 3.05) is 5.32 Å². The molecule has 1 rings (SSSR count). The van der Waals surface area contributed by atoms with Crippen molar-refractivity contribution in [1.29, 1.82) is 0 Å². The van der Waals surface area contributed by atoms with Crippen molar-refractivity contribution in [3.8, 4) is 12.3 Å². The van der Waals surface area contributed by atoms with Crippen molar-refractivity contribution in [3.05, 3.63) is 29.3 Å². The number of carbonyl (C=O) groups is 1. The van der Waals surface area contributed by atoms with Gasteiger partial charge in [0.05, 0.1) is 17.3 Å². The molecule has 0 aliphatic heterocycles. The number of rotatable bonds is 5. The molecule has 1 atom stereocenters. The minimum Gasteiger partial charge on any atom is -0.478 e. The maximum absolute atomic E-state index is 11.1. The van der Waals surface area contributed by atoms with Gasteiger partial charge in [0.25, 0.3) is 0 Å². The molecule has 0 spiro atoms. The molecule has 1 aromatic rings. The zero-order valence-electron chi connectivity index (χ0n) is 10.2. The molecule has 0 fully saturated rings. The van der Waals surface area contributed by atoms with E-state index in [9.17, 15) is 4.79 Å². The van der Waals surface area contributed by atoms with Gasteiger partial charge in [-0.3, -0.25) is 0 Å². The second-order valence-corrected chi connectivity index (χ2v) is 3.95. The first kappa shape index (κ1) is 13.1. The van der Waals surface area contributed by atoms with Crippen LogP contribution in [-0.4, -0.2) is 17.1 Å². The Balaban J connectivity index is 3.04. The molecule has 0 aromatic heterocycles. The summed E-state index contributed by atoms with van der Waals surface area (Å²) in [5.74, 6) is 1.70. The smallest absolute Gasteiger partial charge is 0.337 e. The van der Waals surface area contributed by atoms with Crippen LogP contribution in [0.5, 0.6) is 0 Å². The molecule has 0 bridgehead atoms. The van der Waals surface area contributed by atoms with Gasteiger partial charge in [-0.2, -0.15) is 0 Å². The summed E-state index contributed by atoms with van der Waals surface area (Å²) in [6.45, 7) is 3.91. The number of anilines is 1. The lowest BCUT2D eigenvalue weighted by Crippen LogP contribution is -2.19. The zero-order valence-corrected chi connectivity index (χ0v) is 10.2. The molecule has 3 nitrogen and oxygen atoms in total. The third-order valence-corrected chi connectivity index (χ3v) is 2.60. The summed E-state index contributed by atoms with van der Waals surface area (Å²) in [4.78, 5) is 11.1. The lowest BCUT2D eigenvalue weighted by atomic mass is 10.1.